The van der Waals surface area contributed by atoms with Gasteiger partial charge in [0.25, 0.3) is 0 Å². The highest BCUT2D eigenvalue weighted by Gasteiger charge is 2.25. The largest absolute Gasteiger partial charge is 0.490 e. The van der Waals surface area contributed by atoms with Crippen molar-refractivity contribution >= 4 is 5.78 Å². The summed E-state index contributed by atoms with van der Waals surface area (Å²) in [4.78, 5) is 11.7. The maximum atomic E-state index is 11.7. The molecule has 1 fully saturated rings. The number of hydrogen-bond acceptors (Lipinski definition) is 3. The van der Waals surface area contributed by atoms with Gasteiger partial charge < -0.3 is 9.47 Å². The first-order chi connectivity index (χ1) is 7.84. The maximum Gasteiger partial charge on any atom is 0.163 e. The highest BCUT2D eigenvalue weighted by atomic mass is 16.6. The summed E-state index contributed by atoms with van der Waals surface area (Å²) in [5.41, 5.74) is 1.93. The predicted molar refractivity (Wildman–Crippen MR) is 58.9 cm³/mol. The Balaban J connectivity index is 1.85. The summed E-state index contributed by atoms with van der Waals surface area (Å²) in [7, 11) is 0. The van der Waals surface area contributed by atoms with E-state index in [-0.39, 0.29) is 11.9 Å². The predicted octanol–water partition coefficient (Wildman–Crippen LogP) is 1.98. The number of fused-ring (bicyclic) bond motifs is 1. The van der Waals surface area contributed by atoms with Gasteiger partial charge >= 0.3 is 0 Å². The molecule has 1 aromatic carbocycles. The van der Waals surface area contributed by atoms with Gasteiger partial charge in [0.1, 0.15) is 18.5 Å². The highest BCUT2D eigenvalue weighted by Crippen LogP contribution is 2.30. The SMILES string of the molecule is O=C1CCCc2c(OC[C@H]3CO3)cccc21. The number of carbonyl (C=O) groups excluding carboxylic acids is 1. The van der Waals surface area contributed by atoms with E-state index in [0.29, 0.717) is 13.0 Å². The molecule has 2 aliphatic rings. The fraction of sp³-hybridized carbons (Fsp3) is 0.462. The number of benzene rings is 1. The summed E-state index contributed by atoms with van der Waals surface area (Å²) >= 11 is 0. The lowest BCUT2D eigenvalue weighted by Gasteiger charge is -2.18. The standard InChI is InChI=1S/C13H14O3/c14-12-5-1-4-11-10(12)3-2-6-13(11)16-8-9-7-15-9/h2-3,6,9H,1,4-5,7-8H2/t9-/m1/s1. The number of Topliss-reactive ketones (excluding diaryl/α,β-unsaturated/α-hetero) is 1. The van der Waals surface area contributed by atoms with E-state index in [1.807, 2.05) is 18.2 Å². The van der Waals surface area contributed by atoms with E-state index < -0.39 is 0 Å². The first-order valence-corrected chi connectivity index (χ1v) is 5.74. The molecular formula is C13H14O3. The Labute approximate surface area is 94.4 Å². The molecule has 16 heavy (non-hydrogen) atoms. The van der Waals surface area contributed by atoms with Crippen LogP contribution in [-0.4, -0.2) is 25.1 Å². The monoisotopic (exact) mass is 218 g/mol. The number of epoxide rings is 1. The topological polar surface area (TPSA) is 38.8 Å². The van der Waals surface area contributed by atoms with Crippen molar-refractivity contribution in [2.45, 2.75) is 25.4 Å². The third kappa shape index (κ3) is 1.83. The van der Waals surface area contributed by atoms with Gasteiger partial charge in [-0.25, -0.2) is 0 Å². The van der Waals surface area contributed by atoms with Crippen LogP contribution in [0.15, 0.2) is 18.2 Å². The van der Waals surface area contributed by atoms with Crippen LogP contribution in [0.3, 0.4) is 0 Å². The lowest BCUT2D eigenvalue weighted by atomic mass is 9.90. The lowest BCUT2D eigenvalue weighted by Crippen LogP contribution is -2.13. The zero-order valence-electron chi connectivity index (χ0n) is 9.07. The molecule has 0 spiro atoms. The smallest absolute Gasteiger partial charge is 0.163 e. The van der Waals surface area contributed by atoms with E-state index >= 15 is 0 Å². The summed E-state index contributed by atoms with van der Waals surface area (Å²) in [6.07, 6.45) is 2.81. The van der Waals surface area contributed by atoms with Crippen molar-refractivity contribution in [1.82, 2.24) is 0 Å². The first-order valence-electron chi connectivity index (χ1n) is 5.74. The molecule has 0 unspecified atom stereocenters. The number of carbonyl (C=O) groups is 1. The van der Waals surface area contributed by atoms with Crippen molar-refractivity contribution in [1.29, 1.82) is 0 Å². The zero-order valence-corrected chi connectivity index (χ0v) is 9.07. The van der Waals surface area contributed by atoms with E-state index in [2.05, 4.69) is 0 Å². The molecule has 3 rings (SSSR count). The Hall–Kier alpha value is -1.35. The number of rotatable bonds is 3. The van der Waals surface area contributed by atoms with Crippen molar-refractivity contribution in [2.24, 2.45) is 0 Å². The number of ketones is 1. The molecule has 1 atom stereocenters. The normalized spacial score (nSPS) is 22.8. The van der Waals surface area contributed by atoms with Crippen LogP contribution in [0.2, 0.25) is 0 Å². The fourth-order valence-electron chi connectivity index (χ4n) is 2.13. The average molecular weight is 218 g/mol. The summed E-state index contributed by atoms with van der Waals surface area (Å²) in [5, 5.41) is 0. The third-order valence-corrected chi connectivity index (χ3v) is 3.09. The Morgan fingerprint density at radius 2 is 2.25 bits per heavy atom. The molecule has 84 valence electrons. The summed E-state index contributed by atoms with van der Waals surface area (Å²) in [6, 6.07) is 5.74. The minimum Gasteiger partial charge on any atom is -0.490 e. The van der Waals surface area contributed by atoms with Crippen LogP contribution >= 0.6 is 0 Å². The van der Waals surface area contributed by atoms with Crippen molar-refractivity contribution in [3.8, 4) is 5.75 Å². The molecule has 1 saturated heterocycles. The Morgan fingerprint density at radius 3 is 3.06 bits per heavy atom. The van der Waals surface area contributed by atoms with E-state index in [1.165, 1.54) is 0 Å². The minimum atomic E-state index is 0.245. The van der Waals surface area contributed by atoms with Crippen LogP contribution in [0.25, 0.3) is 0 Å². The third-order valence-electron chi connectivity index (χ3n) is 3.09. The number of hydrogen-bond donors (Lipinski definition) is 0. The van der Waals surface area contributed by atoms with Crippen LogP contribution in [0.1, 0.15) is 28.8 Å². The second-order valence-corrected chi connectivity index (χ2v) is 4.33. The van der Waals surface area contributed by atoms with Crippen LogP contribution in [0, 0.1) is 0 Å². The maximum absolute atomic E-state index is 11.7. The van der Waals surface area contributed by atoms with Gasteiger partial charge in [-0.1, -0.05) is 12.1 Å². The molecule has 0 radical (unpaired) electrons. The minimum absolute atomic E-state index is 0.245. The molecule has 1 aliphatic heterocycles. The Kier molecular flexibility index (Phi) is 2.40. The molecule has 0 saturated carbocycles. The van der Waals surface area contributed by atoms with Gasteiger partial charge in [-0.3, -0.25) is 4.79 Å². The quantitative estimate of drug-likeness (QED) is 0.728. The lowest BCUT2D eigenvalue weighted by molar-refractivity contribution is 0.0971. The van der Waals surface area contributed by atoms with Crippen molar-refractivity contribution in [2.75, 3.05) is 13.2 Å². The molecule has 1 aliphatic carbocycles. The molecular weight excluding hydrogens is 204 g/mol. The Bertz CT molecular complexity index is 421. The van der Waals surface area contributed by atoms with Gasteiger partial charge in [-0.05, 0) is 18.9 Å². The second-order valence-electron chi connectivity index (χ2n) is 4.33. The van der Waals surface area contributed by atoms with E-state index in [4.69, 9.17) is 9.47 Å². The van der Waals surface area contributed by atoms with E-state index in [9.17, 15) is 4.79 Å². The van der Waals surface area contributed by atoms with Crippen molar-refractivity contribution in [3.05, 3.63) is 29.3 Å². The summed E-state index contributed by atoms with van der Waals surface area (Å²) in [5.74, 6) is 1.11. The Morgan fingerprint density at radius 1 is 1.38 bits per heavy atom. The molecule has 0 aromatic heterocycles. The molecule has 1 heterocycles. The van der Waals surface area contributed by atoms with Crippen molar-refractivity contribution in [3.63, 3.8) is 0 Å². The van der Waals surface area contributed by atoms with Gasteiger partial charge in [0.15, 0.2) is 5.78 Å². The van der Waals surface area contributed by atoms with Crippen LogP contribution < -0.4 is 4.74 Å². The molecule has 0 bridgehead atoms. The van der Waals surface area contributed by atoms with Gasteiger partial charge in [0.2, 0.25) is 0 Å². The molecule has 0 N–H and O–H groups in total. The zero-order chi connectivity index (χ0) is 11.0. The fourth-order valence-corrected chi connectivity index (χ4v) is 2.13. The molecule has 3 nitrogen and oxygen atoms in total. The first kappa shape index (κ1) is 9.85. The van der Waals surface area contributed by atoms with Crippen LogP contribution in [0.4, 0.5) is 0 Å². The van der Waals surface area contributed by atoms with Gasteiger partial charge in [0, 0.05) is 17.5 Å². The van der Waals surface area contributed by atoms with E-state index in [1.54, 1.807) is 0 Å². The molecule has 1 aromatic rings. The highest BCUT2D eigenvalue weighted by molar-refractivity contribution is 5.99. The number of ether oxygens (including phenoxy) is 2. The van der Waals surface area contributed by atoms with Gasteiger partial charge in [-0.2, -0.15) is 0 Å². The van der Waals surface area contributed by atoms with Crippen LogP contribution in [0.5, 0.6) is 5.75 Å². The average Bonchev–Trinajstić information content (AvgIpc) is 3.11. The van der Waals surface area contributed by atoms with Crippen LogP contribution in [-0.2, 0) is 11.2 Å². The van der Waals surface area contributed by atoms with Gasteiger partial charge in [-0.15, -0.1) is 0 Å². The summed E-state index contributed by atoms with van der Waals surface area (Å²) in [6.45, 7) is 1.40. The second kappa shape index (κ2) is 3.91. The molecule has 0 amide bonds. The van der Waals surface area contributed by atoms with E-state index in [0.717, 1.165) is 36.3 Å². The summed E-state index contributed by atoms with van der Waals surface area (Å²) < 4.78 is 10.8. The molecule has 3 heteroatoms. The van der Waals surface area contributed by atoms with Crippen molar-refractivity contribution < 1.29 is 14.3 Å². The van der Waals surface area contributed by atoms with Gasteiger partial charge in [0.05, 0.1) is 6.61 Å².